The molecule has 3 aromatic rings. The van der Waals surface area contributed by atoms with Crippen molar-refractivity contribution >= 4 is 21.1 Å². The maximum Gasteiger partial charge on any atom is 0.269 e. The van der Waals surface area contributed by atoms with E-state index in [1.807, 2.05) is 0 Å². The van der Waals surface area contributed by atoms with Crippen molar-refractivity contribution in [3.05, 3.63) is 59.9 Å². The summed E-state index contributed by atoms with van der Waals surface area (Å²) in [6, 6.07) is 5.89. The van der Waals surface area contributed by atoms with Gasteiger partial charge in [0.25, 0.3) is 10.0 Å². The van der Waals surface area contributed by atoms with Crippen LogP contribution in [0, 0.1) is 11.6 Å². The Morgan fingerprint density at radius 2 is 1.96 bits per heavy atom. The maximum absolute atomic E-state index is 13.4. The summed E-state index contributed by atoms with van der Waals surface area (Å²) in [6.07, 6.45) is 3.36. The summed E-state index contributed by atoms with van der Waals surface area (Å²) in [5, 5.41) is 0.657. The summed E-state index contributed by atoms with van der Waals surface area (Å²) in [7, 11) is -4.10. The highest BCUT2D eigenvalue weighted by Gasteiger charge is 2.23. The Labute approximate surface area is 131 Å². The zero-order chi connectivity index (χ0) is 16.6. The van der Waals surface area contributed by atoms with Crippen LogP contribution in [0.25, 0.3) is 11.0 Å². The van der Waals surface area contributed by atoms with Crippen LogP contribution in [0.2, 0.25) is 0 Å². The number of hydrogen-bond donors (Lipinski definition) is 1. The first-order valence-corrected chi connectivity index (χ1v) is 8.25. The second kappa shape index (κ2) is 5.71. The van der Waals surface area contributed by atoms with Gasteiger partial charge in [-0.05, 0) is 48.9 Å². The second-order valence-electron chi connectivity index (χ2n) is 4.94. The minimum absolute atomic E-state index is 0.223. The van der Waals surface area contributed by atoms with Crippen LogP contribution in [0.5, 0.6) is 0 Å². The van der Waals surface area contributed by atoms with E-state index in [-0.39, 0.29) is 10.5 Å². The molecule has 2 aromatic heterocycles. The number of pyridine rings is 1. The average Bonchev–Trinajstić information content (AvgIpc) is 2.90. The summed E-state index contributed by atoms with van der Waals surface area (Å²) in [4.78, 5) is 3.74. The Bertz CT molecular complexity index is 984. The van der Waals surface area contributed by atoms with E-state index < -0.39 is 21.7 Å². The molecule has 0 saturated carbocycles. The van der Waals surface area contributed by atoms with Gasteiger partial charge in [-0.1, -0.05) is 0 Å². The highest BCUT2D eigenvalue weighted by atomic mass is 32.2. The van der Waals surface area contributed by atoms with Gasteiger partial charge in [0.05, 0.1) is 4.90 Å². The van der Waals surface area contributed by atoms with Gasteiger partial charge in [0.1, 0.15) is 0 Å². The molecule has 1 aromatic carbocycles. The van der Waals surface area contributed by atoms with Gasteiger partial charge in [0, 0.05) is 17.8 Å². The molecule has 0 bridgehead atoms. The van der Waals surface area contributed by atoms with Crippen LogP contribution in [0.3, 0.4) is 0 Å². The lowest BCUT2D eigenvalue weighted by Crippen LogP contribution is -2.13. The molecule has 0 amide bonds. The minimum Gasteiger partial charge on any atom is -0.330 e. The van der Waals surface area contributed by atoms with E-state index in [0.717, 1.165) is 21.7 Å². The van der Waals surface area contributed by atoms with E-state index in [1.165, 1.54) is 12.4 Å². The molecule has 0 fully saturated rings. The van der Waals surface area contributed by atoms with Crippen LogP contribution in [-0.4, -0.2) is 23.9 Å². The Morgan fingerprint density at radius 1 is 1.17 bits per heavy atom. The fraction of sp³-hybridized carbons (Fsp3) is 0.133. The van der Waals surface area contributed by atoms with Crippen LogP contribution in [0.15, 0.2) is 47.6 Å². The van der Waals surface area contributed by atoms with Crippen molar-refractivity contribution < 1.29 is 17.2 Å². The normalized spacial score (nSPS) is 12.0. The third-order valence-electron chi connectivity index (χ3n) is 3.48. The molecule has 0 unspecified atom stereocenters. The van der Waals surface area contributed by atoms with Crippen molar-refractivity contribution in [3.63, 3.8) is 0 Å². The number of nitrogens with two attached hydrogens (primary N) is 1. The summed E-state index contributed by atoms with van der Waals surface area (Å²) in [6.45, 7) is 0.346. The summed E-state index contributed by atoms with van der Waals surface area (Å²) >= 11 is 0. The summed E-state index contributed by atoms with van der Waals surface area (Å²) < 4.78 is 52.9. The van der Waals surface area contributed by atoms with Crippen molar-refractivity contribution in [1.29, 1.82) is 0 Å². The van der Waals surface area contributed by atoms with Crippen molar-refractivity contribution in [2.45, 2.75) is 11.3 Å². The van der Waals surface area contributed by atoms with Gasteiger partial charge in [-0.25, -0.2) is 26.2 Å². The molecule has 120 valence electrons. The van der Waals surface area contributed by atoms with Crippen molar-refractivity contribution in [2.75, 3.05) is 6.54 Å². The van der Waals surface area contributed by atoms with Gasteiger partial charge in [-0.2, -0.15) is 0 Å². The highest BCUT2D eigenvalue weighted by molar-refractivity contribution is 7.90. The van der Waals surface area contributed by atoms with Gasteiger partial charge >= 0.3 is 0 Å². The van der Waals surface area contributed by atoms with Gasteiger partial charge in [-0.3, -0.25) is 0 Å². The topological polar surface area (TPSA) is 78.0 Å². The lowest BCUT2D eigenvalue weighted by molar-refractivity contribution is 0.504. The fourth-order valence-electron chi connectivity index (χ4n) is 2.38. The van der Waals surface area contributed by atoms with Crippen LogP contribution in [0.4, 0.5) is 8.78 Å². The van der Waals surface area contributed by atoms with Gasteiger partial charge in [-0.15, -0.1) is 0 Å². The molecule has 0 atom stereocenters. The molecule has 0 aliphatic heterocycles. The van der Waals surface area contributed by atoms with E-state index in [4.69, 9.17) is 5.73 Å². The van der Waals surface area contributed by atoms with Gasteiger partial charge < -0.3 is 5.73 Å². The Kier molecular flexibility index (Phi) is 3.87. The largest absolute Gasteiger partial charge is 0.330 e. The Hall–Kier alpha value is -2.32. The van der Waals surface area contributed by atoms with Crippen LogP contribution in [0.1, 0.15) is 5.56 Å². The molecule has 0 radical (unpaired) electrons. The lowest BCUT2D eigenvalue weighted by Gasteiger charge is -2.07. The van der Waals surface area contributed by atoms with E-state index in [1.54, 1.807) is 12.1 Å². The molecule has 0 aliphatic carbocycles. The van der Waals surface area contributed by atoms with E-state index >= 15 is 0 Å². The number of halogens is 2. The molecular formula is C15H13F2N3O2S. The Balaban J connectivity index is 2.24. The SMILES string of the molecule is NCCc1cn(S(=O)(=O)c2ccc(F)c(F)c2)c2ncccc12. The molecule has 3 rings (SSSR count). The highest BCUT2D eigenvalue weighted by Crippen LogP contribution is 2.25. The smallest absolute Gasteiger partial charge is 0.269 e. The third kappa shape index (κ3) is 2.60. The molecule has 23 heavy (non-hydrogen) atoms. The predicted octanol–water partition coefficient (Wildman–Crippen LogP) is 2.05. The van der Waals surface area contributed by atoms with Gasteiger partial charge in [0.15, 0.2) is 17.3 Å². The van der Waals surface area contributed by atoms with E-state index in [9.17, 15) is 17.2 Å². The zero-order valence-electron chi connectivity index (χ0n) is 11.9. The molecule has 0 spiro atoms. The van der Waals surface area contributed by atoms with Crippen LogP contribution in [-0.2, 0) is 16.4 Å². The second-order valence-corrected chi connectivity index (χ2v) is 6.76. The van der Waals surface area contributed by atoms with Crippen LogP contribution >= 0.6 is 0 Å². The van der Waals surface area contributed by atoms with Crippen molar-refractivity contribution in [2.24, 2.45) is 5.73 Å². The number of benzene rings is 1. The predicted molar refractivity (Wildman–Crippen MR) is 81.4 cm³/mol. The third-order valence-corrected chi connectivity index (χ3v) is 5.12. The number of nitrogens with zero attached hydrogens (tertiary/aromatic N) is 2. The average molecular weight is 337 g/mol. The first kappa shape index (κ1) is 15.6. The standard InChI is InChI=1S/C15H13F2N3O2S/c16-13-4-3-11(8-14(13)17)23(21,22)20-9-10(5-6-18)12-2-1-7-19-15(12)20/h1-4,7-9H,5-6,18H2. The summed E-state index contributed by atoms with van der Waals surface area (Å²) in [5.74, 6) is -2.33. The first-order valence-electron chi connectivity index (χ1n) is 6.81. The van der Waals surface area contributed by atoms with E-state index in [2.05, 4.69) is 4.98 Å². The Morgan fingerprint density at radius 3 is 2.65 bits per heavy atom. The monoisotopic (exact) mass is 337 g/mol. The fourth-order valence-corrected chi connectivity index (χ4v) is 3.74. The number of fused-ring (bicyclic) bond motifs is 1. The minimum atomic E-state index is -4.10. The molecular weight excluding hydrogens is 324 g/mol. The molecule has 2 heterocycles. The number of aromatic nitrogens is 2. The van der Waals surface area contributed by atoms with Crippen molar-refractivity contribution in [3.8, 4) is 0 Å². The molecule has 0 aliphatic rings. The first-order chi connectivity index (χ1) is 10.9. The summed E-state index contributed by atoms with van der Waals surface area (Å²) in [5.41, 5.74) is 6.49. The number of hydrogen-bond acceptors (Lipinski definition) is 4. The van der Waals surface area contributed by atoms with Crippen molar-refractivity contribution in [1.82, 2.24) is 8.96 Å². The quantitative estimate of drug-likeness (QED) is 0.790. The molecule has 5 nitrogen and oxygen atoms in total. The maximum atomic E-state index is 13.4. The number of rotatable bonds is 4. The van der Waals surface area contributed by atoms with Gasteiger partial charge in [0.2, 0.25) is 0 Å². The van der Waals surface area contributed by atoms with Crippen LogP contribution < -0.4 is 5.73 Å². The lowest BCUT2D eigenvalue weighted by atomic mass is 10.2. The molecule has 8 heteroatoms. The molecule has 2 N–H and O–H groups in total. The van der Waals surface area contributed by atoms with E-state index in [0.29, 0.717) is 24.4 Å². The zero-order valence-corrected chi connectivity index (χ0v) is 12.7. The molecule has 0 saturated heterocycles.